The largest absolute Gasteiger partial charge is 0.307 e. The Morgan fingerprint density at radius 3 is 2.25 bits per heavy atom. The number of rotatable bonds is 7. The predicted octanol–water partition coefficient (Wildman–Crippen LogP) is 3.39. The Kier molecular flexibility index (Phi) is 4.87. The molecule has 1 atom stereocenters. The Morgan fingerprint density at radius 2 is 1.75 bits per heavy atom. The minimum Gasteiger partial charge on any atom is -0.307 e. The molecule has 0 saturated heterocycles. The molecule has 1 unspecified atom stereocenters. The highest BCUT2D eigenvalue weighted by Crippen LogP contribution is 2.39. The maximum Gasteiger partial charge on any atom is 0.0226 e. The van der Waals surface area contributed by atoms with Gasteiger partial charge in [0, 0.05) is 24.2 Å². The molecule has 20 heavy (non-hydrogen) atoms. The summed E-state index contributed by atoms with van der Waals surface area (Å²) < 4.78 is 0. The number of benzene rings is 1. The first-order valence-corrected chi connectivity index (χ1v) is 7.94. The van der Waals surface area contributed by atoms with Crippen LogP contribution in [0.3, 0.4) is 0 Å². The van der Waals surface area contributed by atoms with Crippen molar-refractivity contribution in [2.75, 3.05) is 13.6 Å². The van der Waals surface area contributed by atoms with E-state index in [9.17, 15) is 0 Å². The molecule has 2 rings (SSSR count). The van der Waals surface area contributed by atoms with Crippen LogP contribution in [0.1, 0.15) is 44.7 Å². The minimum absolute atomic E-state index is 0.368. The van der Waals surface area contributed by atoms with Crippen LogP contribution < -0.4 is 5.32 Å². The van der Waals surface area contributed by atoms with Gasteiger partial charge in [-0.2, -0.15) is 0 Å². The average molecular weight is 274 g/mol. The summed E-state index contributed by atoms with van der Waals surface area (Å²) in [5.74, 6) is 0. The van der Waals surface area contributed by atoms with Crippen molar-refractivity contribution < 1.29 is 0 Å². The summed E-state index contributed by atoms with van der Waals surface area (Å²) in [5, 5.41) is 3.87. The second-order valence-electron chi connectivity index (χ2n) is 7.02. The molecule has 1 aromatic carbocycles. The minimum atomic E-state index is 0.368. The standard InChI is InChI=1S/C18H30N2/c1-14(2)20(5)13-16(4)19-18(10-11-18)12-17-8-6-15(3)7-9-17/h6-9,14,16,19H,10-13H2,1-5H3. The number of nitrogens with zero attached hydrogens (tertiary/aromatic N) is 1. The maximum atomic E-state index is 3.87. The third kappa shape index (κ3) is 4.32. The highest BCUT2D eigenvalue weighted by Gasteiger charge is 2.43. The lowest BCUT2D eigenvalue weighted by molar-refractivity contribution is 0.236. The predicted molar refractivity (Wildman–Crippen MR) is 87.2 cm³/mol. The van der Waals surface area contributed by atoms with Gasteiger partial charge in [-0.3, -0.25) is 0 Å². The summed E-state index contributed by atoms with van der Waals surface area (Å²) in [7, 11) is 2.21. The van der Waals surface area contributed by atoms with Crippen molar-refractivity contribution in [2.24, 2.45) is 0 Å². The third-order valence-corrected chi connectivity index (χ3v) is 4.51. The monoisotopic (exact) mass is 274 g/mol. The SMILES string of the molecule is Cc1ccc(CC2(NC(C)CN(C)C(C)C)CC2)cc1. The summed E-state index contributed by atoms with van der Waals surface area (Å²) in [4.78, 5) is 2.42. The van der Waals surface area contributed by atoms with E-state index in [4.69, 9.17) is 0 Å². The smallest absolute Gasteiger partial charge is 0.0226 e. The van der Waals surface area contributed by atoms with Crippen molar-refractivity contribution in [3.63, 3.8) is 0 Å². The normalized spacial score (nSPS) is 18.6. The first-order chi connectivity index (χ1) is 9.40. The van der Waals surface area contributed by atoms with Crippen LogP contribution in [0.4, 0.5) is 0 Å². The van der Waals surface area contributed by atoms with Crippen LogP contribution in [-0.2, 0) is 6.42 Å². The summed E-state index contributed by atoms with van der Waals surface area (Å²) in [6.45, 7) is 10.1. The van der Waals surface area contributed by atoms with Gasteiger partial charge >= 0.3 is 0 Å². The summed E-state index contributed by atoms with van der Waals surface area (Å²) in [6.07, 6.45) is 3.80. The molecule has 0 amide bonds. The van der Waals surface area contributed by atoms with Gasteiger partial charge in [0.15, 0.2) is 0 Å². The highest BCUT2D eigenvalue weighted by molar-refractivity contribution is 5.25. The molecule has 2 heteroatoms. The molecule has 0 spiro atoms. The average Bonchev–Trinajstić information content (AvgIpc) is 3.11. The second-order valence-corrected chi connectivity index (χ2v) is 7.02. The van der Waals surface area contributed by atoms with Crippen LogP contribution in [-0.4, -0.2) is 36.1 Å². The van der Waals surface area contributed by atoms with Gasteiger partial charge < -0.3 is 10.2 Å². The summed E-state index contributed by atoms with van der Waals surface area (Å²) in [6, 6.07) is 10.2. The molecule has 112 valence electrons. The molecule has 0 radical (unpaired) electrons. The van der Waals surface area contributed by atoms with Gasteiger partial charge in [0.1, 0.15) is 0 Å². The van der Waals surface area contributed by atoms with Crippen molar-refractivity contribution in [3.05, 3.63) is 35.4 Å². The first kappa shape index (κ1) is 15.5. The molecule has 0 aliphatic heterocycles. The number of hydrogen-bond donors (Lipinski definition) is 1. The fourth-order valence-electron chi connectivity index (χ4n) is 2.83. The number of likely N-dealkylation sites (N-methyl/N-ethyl adjacent to an activating group) is 1. The van der Waals surface area contributed by atoms with Gasteiger partial charge in [-0.15, -0.1) is 0 Å². The first-order valence-electron chi connectivity index (χ1n) is 7.94. The van der Waals surface area contributed by atoms with Crippen molar-refractivity contribution >= 4 is 0 Å². The summed E-state index contributed by atoms with van der Waals surface area (Å²) in [5.41, 5.74) is 3.18. The molecule has 0 bridgehead atoms. The van der Waals surface area contributed by atoms with Gasteiger partial charge in [-0.05, 0) is 59.6 Å². The van der Waals surface area contributed by atoms with E-state index >= 15 is 0 Å². The van der Waals surface area contributed by atoms with Crippen LogP contribution in [0.2, 0.25) is 0 Å². The van der Waals surface area contributed by atoms with Gasteiger partial charge in [0.25, 0.3) is 0 Å². The molecule has 1 fully saturated rings. The number of nitrogens with one attached hydrogen (secondary N) is 1. The van der Waals surface area contributed by atoms with E-state index in [1.165, 1.54) is 30.4 Å². The highest BCUT2D eigenvalue weighted by atomic mass is 15.2. The van der Waals surface area contributed by atoms with Crippen LogP contribution in [0.15, 0.2) is 24.3 Å². The zero-order chi connectivity index (χ0) is 14.8. The van der Waals surface area contributed by atoms with E-state index in [2.05, 4.69) is 69.2 Å². The van der Waals surface area contributed by atoms with E-state index in [0.29, 0.717) is 17.6 Å². The van der Waals surface area contributed by atoms with Crippen LogP contribution >= 0.6 is 0 Å². The Balaban J connectivity index is 1.87. The lowest BCUT2D eigenvalue weighted by Crippen LogP contribution is -2.46. The van der Waals surface area contributed by atoms with Gasteiger partial charge in [0.2, 0.25) is 0 Å². The Morgan fingerprint density at radius 1 is 1.15 bits per heavy atom. The number of aryl methyl sites for hydroxylation is 1. The molecule has 2 nitrogen and oxygen atoms in total. The van der Waals surface area contributed by atoms with E-state index in [0.717, 1.165) is 6.54 Å². The summed E-state index contributed by atoms with van der Waals surface area (Å²) >= 11 is 0. The van der Waals surface area contributed by atoms with E-state index in [-0.39, 0.29) is 0 Å². The maximum absolute atomic E-state index is 3.87. The molecule has 1 aliphatic carbocycles. The van der Waals surface area contributed by atoms with Gasteiger partial charge in [-0.25, -0.2) is 0 Å². The van der Waals surface area contributed by atoms with Gasteiger partial charge in [-0.1, -0.05) is 29.8 Å². The second kappa shape index (κ2) is 6.28. The number of hydrogen-bond acceptors (Lipinski definition) is 2. The van der Waals surface area contributed by atoms with Crippen molar-refractivity contribution in [1.82, 2.24) is 10.2 Å². The fourth-order valence-corrected chi connectivity index (χ4v) is 2.83. The van der Waals surface area contributed by atoms with E-state index in [1.807, 2.05) is 0 Å². The molecule has 1 aliphatic rings. The van der Waals surface area contributed by atoms with Gasteiger partial charge in [0.05, 0.1) is 0 Å². The Bertz CT molecular complexity index is 418. The van der Waals surface area contributed by atoms with E-state index in [1.54, 1.807) is 0 Å². The van der Waals surface area contributed by atoms with Crippen LogP contribution in [0.5, 0.6) is 0 Å². The quantitative estimate of drug-likeness (QED) is 0.820. The lowest BCUT2D eigenvalue weighted by atomic mass is 10.0. The molecule has 1 saturated carbocycles. The van der Waals surface area contributed by atoms with E-state index < -0.39 is 0 Å². The lowest BCUT2D eigenvalue weighted by Gasteiger charge is -2.29. The Hall–Kier alpha value is -0.860. The van der Waals surface area contributed by atoms with Crippen LogP contribution in [0, 0.1) is 6.92 Å². The zero-order valence-corrected chi connectivity index (χ0v) is 13.7. The fraction of sp³-hybridized carbons (Fsp3) is 0.667. The molecule has 1 aromatic rings. The molecule has 0 heterocycles. The molecule has 1 N–H and O–H groups in total. The molecular formula is C18H30N2. The third-order valence-electron chi connectivity index (χ3n) is 4.51. The van der Waals surface area contributed by atoms with Crippen molar-refractivity contribution in [2.45, 2.75) is 64.6 Å². The Labute approximate surface area is 124 Å². The molecular weight excluding hydrogens is 244 g/mol. The van der Waals surface area contributed by atoms with Crippen LogP contribution in [0.25, 0.3) is 0 Å². The topological polar surface area (TPSA) is 15.3 Å². The van der Waals surface area contributed by atoms with Crippen molar-refractivity contribution in [1.29, 1.82) is 0 Å². The molecule has 0 aromatic heterocycles. The van der Waals surface area contributed by atoms with Crippen molar-refractivity contribution in [3.8, 4) is 0 Å². The zero-order valence-electron chi connectivity index (χ0n) is 13.7.